The first-order valence-corrected chi connectivity index (χ1v) is 5.88. The zero-order valence-electron chi connectivity index (χ0n) is 9.07. The van der Waals surface area contributed by atoms with Gasteiger partial charge in [0.25, 0.3) is 0 Å². The molecule has 16 heavy (non-hydrogen) atoms. The van der Waals surface area contributed by atoms with Crippen LogP contribution in [0.25, 0.3) is 27.0 Å². The van der Waals surface area contributed by atoms with Crippen molar-refractivity contribution in [3.63, 3.8) is 0 Å². The molecule has 0 amide bonds. The van der Waals surface area contributed by atoms with Gasteiger partial charge in [-0.2, -0.15) is 12.6 Å². The number of benzene rings is 3. The summed E-state index contributed by atoms with van der Waals surface area (Å²) in [5, 5.41) is 8.36. The molecule has 0 saturated heterocycles. The van der Waals surface area contributed by atoms with Crippen molar-refractivity contribution in [2.45, 2.75) is 6.92 Å². The molecule has 0 saturated carbocycles. The lowest BCUT2D eigenvalue weighted by atomic mass is 9.96. The number of aryl methyl sites for hydroxylation is 1. The minimum atomic E-state index is 1.20. The summed E-state index contributed by atoms with van der Waals surface area (Å²) in [5.41, 5.74) is 1.31. The van der Waals surface area contributed by atoms with Crippen LogP contribution in [-0.4, -0.2) is 0 Å². The van der Waals surface area contributed by atoms with Gasteiger partial charge in [-0.25, -0.2) is 0 Å². The lowest BCUT2D eigenvalue weighted by Gasteiger charge is -2.08. The maximum atomic E-state index is 4.30. The number of rotatable bonds is 0. The van der Waals surface area contributed by atoms with E-state index < -0.39 is 0 Å². The molecule has 1 heteroatoms. The van der Waals surface area contributed by atoms with Crippen LogP contribution < -0.4 is 5.22 Å². The molecule has 0 nitrogen and oxygen atoms in total. The summed E-state index contributed by atoms with van der Waals surface area (Å²) in [6.07, 6.45) is 0. The van der Waals surface area contributed by atoms with Gasteiger partial charge in [0.15, 0.2) is 0 Å². The SMILES string of the molecule is Cc1ccc2cccc3cc/c(=C/S)c1c23. The second kappa shape index (κ2) is 3.53. The Morgan fingerprint density at radius 1 is 0.875 bits per heavy atom. The summed E-state index contributed by atoms with van der Waals surface area (Å²) in [6, 6.07) is 15.1. The van der Waals surface area contributed by atoms with Crippen molar-refractivity contribution >= 4 is 39.6 Å². The molecule has 0 N–H and O–H groups in total. The highest BCUT2D eigenvalue weighted by molar-refractivity contribution is 7.88. The van der Waals surface area contributed by atoms with E-state index in [1.54, 1.807) is 0 Å². The Kier molecular flexibility index (Phi) is 2.15. The van der Waals surface area contributed by atoms with E-state index in [0.717, 1.165) is 0 Å². The summed E-state index contributed by atoms with van der Waals surface area (Å²) < 4.78 is 0. The average Bonchev–Trinajstić information content (AvgIpc) is 2.33. The molecule has 3 aromatic carbocycles. The van der Waals surface area contributed by atoms with Crippen LogP contribution in [0.15, 0.2) is 42.5 Å². The Morgan fingerprint density at radius 2 is 1.56 bits per heavy atom. The smallest absolute Gasteiger partial charge is 0.00300 e. The Balaban J connectivity index is 2.76. The van der Waals surface area contributed by atoms with Gasteiger partial charge in [-0.1, -0.05) is 42.5 Å². The summed E-state index contributed by atoms with van der Waals surface area (Å²) >= 11 is 4.30. The van der Waals surface area contributed by atoms with E-state index in [-0.39, 0.29) is 0 Å². The number of hydrogen-bond donors (Lipinski definition) is 1. The van der Waals surface area contributed by atoms with Gasteiger partial charge in [0.1, 0.15) is 0 Å². The van der Waals surface area contributed by atoms with Gasteiger partial charge < -0.3 is 0 Å². The molecule has 0 unspecified atom stereocenters. The second-order valence-electron chi connectivity index (χ2n) is 4.12. The van der Waals surface area contributed by atoms with Gasteiger partial charge >= 0.3 is 0 Å². The molecular formula is C15H12S. The molecule has 0 spiro atoms. The molecule has 0 atom stereocenters. The Bertz CT molecular complexity index is 710. The zero-order valence-corrected chi connectivity index (χ0v) is 9.96. The third-order valence-electron chi connectivity index (χ3n) is 3.16. The molecule has 3 aromatic rings. The predicted molar refractivity (Wildman–Crippen MR) is 74.9 cm³/mol. The van der Waals surface area contributed by atoms with E-state index >= 15 is 0 Å². The molecule has 0 aromatic heterocycles. The average molecular weight is 224 g/mol. The van der Waals surface area contributed by atoms with Crippen molar-refractivity contribution in [1.29, 1.82) is 0 Å². The maximum Gasteiger partial charge on any atom is -0.00300 e. The van der Waals surface area contributed by atoms with Crippen LogP contribution in [0.3, 0.4) is 0 Å². The van der Waals surface area contributed by atoms with Crippen molar-refractivity contribution in [2.75, 3.05) is 0 Å². The van der Waals surface area contributed by atoms with Crippen LogP contribution in [0.5, 0.6) is 0 Å². The van der Waals surface area contributed by atoms with E-state index in [0.29, 0.717) is 0 Å². The zero-order chi connectivity index (χ0) is 11.1. The lowest BCUT2D eigenvalue weighted by Crippen LogP contribution is -2.02. The van der Waals surface area contributed by atoms with Gasteiger partial charge in [0.05, 0.1) is 0 Å². The van der Waals surface area contributed by atoms with Crippen LogP contribution >= 0.6 is 12.6 Å². The van der Waals surface area contributed by atoms with Crippen LogP contribution in [-0.2, 0) is 0 Å². The lowest BCUT2D eigenvalue weighted by molar-refractivity contribution is 1.53. The van der Waals surface area contributed by atoms with E-state index in [1.807, 2.05) is 5.41 Å². The molecule has 0 radical (unpaired) electrons. The third kappa shape index (κ3) is 1.25. The Labute approximate surface area is 100.0 Å². The van der Waals surface area contributed by atoms with Gasteiger partial charge in [0.2, 0.25) is 0 Å². The fourth-order valence-corrected chi connectivity index (χ4v) is 2.61. The van der Waals surface area contributed by atoms with Crippen molar-refractivity contribution in [2.24, 2.45) is 0 Å². The molecule has 78 valence electrons. The fourth-order valence-electron chi connectivity index (χ4n) is 2.39. The predicted octanol–water partition coefficient (Wildman–Crippen LogP) is 3.69. The Hall–Kier alpha value is -1.47. The topological polar surface area (TPSA) is 0 Å². The van der Waals surface area contributed by atoms with Crippen molar-refractivity contribution < 1.29 is 0 Å². The number of thiol groups is 1. The van der Waals surface area contributed by atoms with E-state index in [2.05, 4.69) is 62.0 Å². The minimum absolute atomic E-state index is 1.20. The third-order valence-corrected chi connectivity index (χ3v) is 3.43. The van der Waals surface area contributed by atoms with E-state index in [1.165, 1.54) is 32.3 Å². The highest BCUT2D eigenvalue weighted by Gasteiger charge is 2.04. The van der Waals surface area contributed by atoms with Crippen LogP contribution in [0.1, 0.15) is 5.56 Å². The normalized spacial score (nSPS) is 12.8. The van der Waals surface area contributed by atoms with Crippen molar-refractivity contribution in [3.05, 3.63) is 53.2 Å². The Morgan fingerprint density at radius 3 is 2.25 bits per heavy atom. The first kappa shape index (κ1) is 9.73. The second-order valence-corrected chi connectivity index (χ2v) is 4.38. The molecule has 0 bridgehead atoms. The van der Waals surface area contributed by atoms with Gasteiger partial charge in [0, 0.05) is 0 Å². The highest BCUT2D eigenvalue weighted by Crippen LogP contribution is 2.26. The maximum absolute atomic E-state index is 4.30. The van der Waals surface area contributed by atoms with Crippen LogP contribution in [0.4, 0.5) is 0 Å². The largest absolute Gasteiger partial charge is 0.151 e. The molecule has 0 aliphatic carbocycles. The molecule has 3 rings (SSSR count). The van der Waals surface area contributed by atoms with Gasteiger partial charge in [-0.3, -0.25) is 0 Å². The van der Waals surface area contributed by atoms with Crippen molar-refractivity contribution in [3.8, 4) is 0 Å². The highest BCUT2D eigenvalue weighted by atomic mass is 32.1. The standard InChI is InChI=1S/C15H12S/c1-10-5-6-11-3-2-4-12-7-8-13(9-16)14(10)15(11)12/h2-9,16H,1H3/b13-9-. The molecule has 0 aliphatic rings. The summed E-state index contributed by atoms with van der Waals surface area (Å²) in [4.78, 5) is 0. The summed E-state index contributed by atoms with van der Waals surface area (Å²) in [7, 11) is 0. The van der Waals surface area contributed by atoms with Crippen molar-refractivity contribution in [1.82, 2.24) is 0 Å². The van der Waals surface area contributed by atoms with Crippen LogP contribution in [0, 0.1) is 6.92 Å². The van der Waals surface area contributed by atoms with Gasteiger partial charge in [-0.05, 0) is 44.7 Å². The monoisotopic (exact) mass is 224 g/mol. The molecule has 0 aliphatic heterocycles. The van der Waals surface area contributed by atoms with Gasteiger partial charge in [-0.15, -0.1) is 0 Å². The summed E-state index contributed by atoms with van der Waals surface area (Å²) in [5.74, 6) is 0. The fraction of sp³-hybridized carbons (Fsp3) is 0.0667. The minimum Gasteiger partial charge on any atom is -0.151 e. The van der Waals surface area contributed by atoms with E-state index in [4.69, 9.17) is 0 Å². The van der Waals surface area contributed by atoms with E-state index in [9.17, 15) is 0 Å². The number of hydrogen-bond acceptors (Lipinski definition) is 1. The van der Waals surface area contributed by atoms with Crippen LogP contribution in [0.2, 0.25) is 0 Å². The first-order valence-electron chi connectivity index (χ1n) is 5.36. The molecule has 0 heterocycles. The molecule has 0 fully saturated rings. The first-order chi connectivity index (χ1) is 7.81. The quantitative estimate of drug-likeness (QED) is 0.553. The molecular weight excluding hydrogens is 212 g/mol. The summed E-state index contributed by atoms with van der Waals surface area (Å²) in [6.45, 7) is 2.15.